The molecule has 0 bridgehead atoms. The zero-order valence-electron chi connectivity index (χ0n) is 10.5. The minimum atomic E-state index is -1.01. The minimum absolute atomic E-state index is 0.138. The van der Waals surface area contributed by atoms with Gasteiger partial charge in [-0.15, -0.1) is 0 Å². The molecule has 7 nitrogen and oxygen atoms in total. The van der Waals surface area contributed by atoms with Gasteiger partial charge in [-0.25, -0.2) is 4.98 Å². The van der Waals surface area contributed by atoms with E-state index in [2.05, 4.69) is 4.98 Å². The van der Waals surface area contributed by atoms with Crippen molar-refractivity contribution in [2.45, 2.75) is 13.5 Å². The predicted octanol–water partition coefficient (Wildman–Crippen LogP) is -0.199. The molecule has 0 saturated heterocycles. The van der Waals surface area contributed by atoms with Gasteiger partial charge in [0, 0.05) is 32.6 Å². The maximum atomic E-state index is 12.0. The number of aromatic nitrogens is 2. The number of carboxylic acids is 1. The summed E-state index contributed by atoms with van der Waals surface area (Å²) in [5, 5.41) is 8.84. The van der Waals surface area contributed by atoms with E-state index in [1.165, 1.54) is 22.8 Å². The molecule has 1 heterocycles. The lowest BCUT2D eigenvalue weighted by atomic mass is 10.4. The summed E-state index contributed by atoms with van der Waals surface area (Å²) in [6, 6.07) is 0. The largest absolute Gasteiger partial charge is 0.480 e. The number of carbonyl (C=O) groups is 1. The fraction of sp³-hybridized carbons (Fsp3) is 0.545. The highest BCUT2D eigenvalue weighted by Gasteiger charge is 2.16. The molecular weight excluding hydrogens is 238 g/mol. The second-order valence-electron chi connectivity index (χ2n) is 3.65. The van der Waals surface area contributed by atoms with Gasteiger partial charge >= 0.3 is 5.97 Å². The summed E-state index contributed by atoms with van der Waals surface area (Å²) in [4.78, 5) is 28.2. The highest BCUT2D eigenvalue weighted by atomic mass is 16.5. The number of anilines is 1. The smallest absolute Gasteiger partial charge is 0.323 e. The Kier molecular flexibility index (Phi) is 5.31. The van der Waals surface area contributed by atoms with Crippen LogP contribution in [0.25, 0.3) is 0 Å². The fourth-order valence-corrected chi connectivity index (χ4v) is 1.53. The van der Waals surface area contributed by atoms with Crippen LogP contribution in [0.4, 0.5) is 5.82 Å². The fourth-order valence-electron chi connectivity index (χ4n) is 1.53. The highest BCUT2D eigenvalue weighted by molar-refractivity contribution is 5.73. The quantitative estimate of drug-likeness (QED) is 0.726. The van der Waals surface area contributed by atoms with E-state index in [1.54, 1.807) is 6.20 Å². The Morgan fingerprint density at radius 2 is 2.33 bits per heavy atom. The summed E-state index contributed by atoms with van der Waals surface area (Å²) in [7, 11) is 1.52. The molecule has 7 heteroatoms. The standard InChI is InChI=1S/C11H17N3O4/c1-3-13-5-4-12-10(11(13)17)14(6-7-18-2)8-9(15)16/h4-5H,3,6-8H2,1-2H3,(H,15,16). The van der Waals surface area contributed by atoms with E-state index in [9.17, 15) is 9.59 Å². The molecule has 1 rings (SSSR count). The first kappa shape index (κ1) is 14.2. The monoisotopic (exact) mass is 255 g/mol. The van der Waals surface area contributed by atoms with Crippen molar-refractivity contribution >= 4 is 11.8 Å². The molecule has 0 radical (unpaired) electrons. The second kappa shape index (κ2) is 6.75. The maximum absolute atomic E-state index is 12.0. The van der Waals surface area contributed by atoms with Gasteiger partial charge < -0.3 is 19.3 Å². The van der Waals surface area contributed by atoms with Gasteiger partial charge in [-0.1, -0.05) is 0 Å². The molecule has 0 fully saturated rings. The van der Waals surface area contributed by atoms with Gasteiger partial charge in [0.1, 0.15) is 6.54 Å². The van der Waals surface area contributed by atoms with E-state index in [0.29, 0.717) is 19.7 Å². The first-order valence-corrected chi connectivity index (χ1v) is 5.61. The van der Waals surface area contributed by atoms with Crippen LogP contribution in [-0.2, 0) is 16.1 Å². The molecule has 0 saturated carbocycles. The maximum Gasteiger partial charge on any atom is 0.323 e. The van der Waals surface area contributed by atoms with Crippen LogP contribution >= 0.6 is 0 Å². The predicted molar refractivity (Wildman–Crippen MR) is 65.9 cm³/mol. The average molecular weight is 255 g/mol. The summed E-state index contributed by atoms with van der Waals surface area (Å²) in [6.45, 7) is 2.70. The lowest BCUT2D eigenvalue weighted by Gasteiger charge is -2.20. The molecule has 0 aliphatic carbocycles. The Morgan fingerprint density at radius 3 is 2.89 bits per heavy atom. The number of methoxy groups -OCH3 is 1. The number of ether oxygens (including phenoxy) is 1. The van der Waals surface area contributed by atoms with Crippen LogP contribution in [0.15, 0.2) is 17.2 Å². The van der Waals surface area contributed by atoms with E-state index in [-0.39, 0.29) is 17.9 Å². The summed E-state index contributed by atoms with van der Waals surface area (Å²) in [5.74, 6) is -0.877. The van der Waals surface area contributed by atoms with Crippen LogP contribution < -0.4 is 10.5 Å². The summed E-state index contributed by atoms with van der Waals surface area (Å²) < 4.78 is 6.38. The first-order valence-electron chi connectivity index (χ1n) is 5.61. The van der Waals surface area contributed by atoms with Crippen molar-refractivity contribution in [1.82, 2.24) is 9.55 Å². The SMILES string of the molecule is CCn1ccnc(N(CCOC)CC(=O)O)c1=O. The van der Waals surface area contributed by atoms with Crippen molar-refractivity contribution in [3.8, 4) is 0 Å². The molecule has 100 valence electrons. The number of hydrogen-bond acceptors (Lipinski definition) is 5. The number of nitrogens with zero attached hydrogens (tertiary/aromatic N) is 3. The molecule has 0 unspecified atom stereocenters. The Bertz CT molecular complexity index is 458. The molecule has 0 spiro atoms. The number of aliphatic carboxylic acids is 1. The van der Waals surface area contributed by atoms with E-state index in [0.717, 1.165) is 0 Å². The lowest BCUT2D eigenvalue weighted by Crippen LogP contribution is -2.38. The van der Waals surface area contributed by atoms with Crippen LogP contribution in [0.2, 0.25) is 0 Å². The van der Waals surface area contributed by atoms with Gasteiger partial charge in [0.2, 0.25) is 0 Å². The third-order valence-electron chi connectivity index (χ3n) is 2.43. The average Bonchev–Trinajstić information content (AvgIpc) is 2.34. The third-order valence-corrected chi connectivity index (χ3v) is 2.43. The summed E-state index contributed by atoms with van der Waals surface area (Å²) in [6.07, 6.45) is 3.06. The van der Waals surface area contributed by atoms with Crippen molar-refractivity contribution in [1.29, 1.82) is 0 Å². The summed E-state index contributed by atoms with van der Waals surface area (Å²) >= 11 is 0. The number of carboxylic acid groups (broad SMARTS) is 1. The zero-order valence-corrected chi connectivity index (χ0v) is 10.5. The third kappa shape index (κ3) is 3.56. The van der Waals surface area contributed by atoms with E-state index < -0.39 is 5.97 Å². The van der Waals surface area contributed by atoms with E-state index in [1.807, 2.05) is 6.92 Å². The molecule has 1 N–H and O–H groups in total. The van der Waals surface area contributed by atoms with Crippen molar-refractivity contribution in [3.63, 3.8) is 0 Å². The Labute approximate surface area is 105 Å². The van der Waals surface area contributed by atoms with Gasteiger partial charge in [0.25, 0.3) is 5.56 Å². The van der Waals surface area contributed by atoms with Gasteiger partial charge in [-0.3, -0.25) is 9.59 Å². The minimum Gasteiger partial charge on any atom is -0.480 e. The highest BCUT2D eigenvalue weighted by Crippen LogP contribution is 2.03. The van der Waals surface area contributed by atoms with E-state index in [4.69, 9.17) is 9.84 Å². The molecule has 1 aromatic heterocycles. The van der Waals surface area contributed by atoms with E-state index >= 15 is 0 Å². The Balaban J connectivity index is 3.03. The van der Waals surface area contributed by atoms with Crippen LogP contribution in [0.5, 0.6) is 0 Å². The van der Waals surface area contributed by atoms with Gasteiger partial charge in [-0.05, 0) is 6.92 Å². The second-order valence-corrected chi connectivity index (χ2v) is 3.65. The Morgan fingerprint density at radius 1 is 1.61 bits per heavy atom. The molecule has 1 aromatic rings. The van der Waals surface area contributed by atoms with Crippen molar-refractivity contribution < 1.29 is 14.6 Å². The van der Waals surface area contributed by atoms with Crippen molar-refractivity contribution in [3.05, 3.63) is 22.7 Å². The van der Waals surface area contributed by atoms with Crippen LogP contribution in [-0.4, -0.2) is 47.4 Å². The molecule has 0 atom stereocenters. The normalized spacial score (nSPS) is 10.3. The first-order chi connectivity index (χ1) is 8.60. The van der Waals surface area contributed by atoms with Crippen LogP contribution in [0.3, 0.4) is 0 Å². The number of rotatable bonds is 7. The molecule has 0 aliphatic rings. The van der Waals surface area contributed by atoms with Crippen molar-refractivity contribution in [2.75, 3.05) is 31.7 Å². The molecule has 0 aliphatic heterocycles. The molecule has 0 aromatic carbocycles. The lowest BCUT2D eigenvalue weighted by molar-refractivity contribution is -0.135. The van der Waals surface area contributed by atoms with Gasteiger partial charge in [0.05, 0.1) is 6.61 Å². The Hall–Kier alpha value is -1.89. The zero-order chi connectivity index (χ0) is 13.5. The topological polar surface area (TPSA) is 84.7 Å². The van der Waals surface area contributed by atoms with Crippen LogP contribution in [0, 0.1) is 0 Å². The van der Waals surface area contributed by atoms with Crippen molar-refractivity contribution in [2.24, 2.45) is 0 Å². The number of aryl methyl sites for hydroxylation is 1. The molecular formula is C11H17N3O4. The molecule has 18 heavy (non-hydrogen) atoms. The molecule has 0 amide bonds. The van der Waals surface area contributed by atoms with Gasteiger partial charge in [0.15, 0.2) is 5.82 Å². The van der Waals surface area contributed by atoms with Crippen LogP contribution in [0.1, 0.15) is 6.92 Å². The van der Waals surface area contributed by atoms with Gasteiger partial charge in [-0.2, -0.15) is 0 Å². The summed E-state index contributed by atoms with van der Waals surface area (Å²) in [5.41, 5.74) is -0.294. The number of hydrogen-bond donors (Lipinski definition) is 1.